The maximum atomic E-state index is 6.16. The molecule has 3 rings (SSSR count). The molecule has 1 aliphatic rings. The molecule has 0 bridgehead atoms. The molecule has 1 fully saturated rings. The fourth-order valence-corrected chi connectivity index (χ4v) is 2.92. The highest BCUT2D eigenvalue weighted by Crippen LogP contribution is 2.23. The molecule has 2 N–H and O–H groups in total. The number of halogens is 1. The van der Waals surface area contributed by atoms with Crippen molar-refractivity contribution in [2.24, 2.45) is 4.99 Å². The van der Waals surface area contributed by atoms with Gasteiger partial charge in [-0.1, -0.05) is 18.2 Å². The summed E-state index contributed by atoms with van der Waals surface area (Å²) in [4.78, 5) is 8.50. The number of ether oxygens (including phenoxy) is 3. The minimum Gasteiger partial charge on any atom is -0.488 e. The van der Waals surface area contributed by atoms with E-state index in [-0.39, 0.29) is 30.1 Å². The Kier molecular flexibility index (Phi) is 9.46. The summed E-state index contributed by atoms with van der Waals surface area (Å²) >= 11 is 0. The van der Waals surface area contributed by atoms with Crippen molar-refractivity contribution < 1.29 is 14.2 Å². The van der Waals surface area contributed by atoms with Gasteiger partial charge >= 0.3 is 0 Å². The molecule has 0 amide bonds. The summed E-state index contributed by atoms with van der Waals surface area (Å²) < 4.78 is 16.7. The van der Waals surface area contributed by atoms with Crippen LogP contribution in [0.4, 0.5) is 0 Å². The fourth-order valence-electron chi connectivity index (χ4n) is 2.92. The van der Waals surface area contributed by atoms with E-state index in [1.54, 1.807) is 20.4 Å². The highest BCUT2D eigenvalue weighted by Gasteiger charge is 2.18. The molecule has 2 aromatic rings. The molecule has 0 aliphatic carbocycles. The Balaban J connectivity index is 0.00000300. The Morgan fingerprint density at radius 2 is 2.07 bits per heavy atom. The summed E-state index contributed by atoms with van der Waals surface area (Å²) in [6, 6.07) is 10.1. The second-order valence-electron chi connectivity index (χ2n) is 6.70. The largest absolute Gasteiger partial charge is 0.488 e. The standard InChI is InChI=1S/C21H28N4O3.HI/c1-15-4-6-17(19(10-15)28-18-8-9-27-14-18)13-25-21(22-2)24-12-16-5-7-20(26-3)23-11-16;/h4-7,10-11,18H,8-9,12-14H2,1-3H3,(H2,22,24,25);1H. The summed E-state index contributed by atoms with van der Waals surface area (Å²) in [5.74, 6) is 2.22. The van der Waals surface area contributed by atoms with Gasteiger partial charge in [0, 0.05) is 44.4 Å². The summed E-state index contributed by atoms with van der Waals surface area (Å²) in [5, 5.41) is 6.64. The maximum Gasteiger partial charge on any atom is 0.212 e. The number of guanidine groups is 1. The van der Waals surface area contributed by atoms with E-state index in [9.17, 15) is 0 Å². The molecule has 1 atom stereocenters. The van der Waals surface area contributed by atoms with Crippen LogP contribution in [0, 0.1) is 6.92 Å². The van der Waals surface area contributed by atoms with Crippen LogP contribution in [0.15, 0.2) is 41.5 Å². The van der Waals surface area contributed by atoms with Crippen LogP contribution in [-0.2, 0) is 17.8 Å². The lowest BCUT2D eigenvalue weighted by atomic mass is 10.1. The van der Waals surface area contributed by atoms with Crippen LogP contribution in [0.3, 0.4) is 0 Å². The van der Waals surface area contributed by atoms with Gasteiger partial charge in [0.1, 0.15) is 11.9 Å². The molecule has 0 radical (unpaired) electrons. The quantitative estimate of drug-likeness (QED) is 0.338. The molecule has 0 saturated carbocycles. The average molecular weight is 512 g/mol. The Morgan fingerprint density at radius 1 is 1.24 bits per heavy atom. The number of rotatable bonds is 7. The number of methoxy groups -OCH3 is 1. The molecule has 8 heteroatoms. The normalized spacial score (nSPS) is 16.1. The zero-order valence-electron chi connectivity index (χ0n) is 17.1. The molecule has 29 heavy (non-hydrogen) atoms. The van der Waals surface area contributed by atoms with Gasteiger partial charge in [-0.2, -0.15) is 0 Å². The van der Waals surface area contributed by atoms with Crippen molar-refractivity contribution in [1.82, 2.24) is 15.6 Å². The summed E-state index contributed by atoms with van der Waals surface area (Å²) in [6.45, 7) is 4.72. The average Bonchev–Trinajstić information content (AvgIpc) is 3.23. The lowest BCUT2D eigenvalue weighted by Crippen LogP contribution is -2.36. The predicted molar refractivity (Wildman–Crippen MR) is 124 cm³/mol. The van der Waals surface area contributed by atoms with Crippen LogP contribution in [0.5, 0.6) is 11.6 Å². The lowest BCUT2D eigenvalue weighted by molar-refractivity contribution is 0.140. The van der Waals surface area contributed by atoms with Gasteiger partial charge in [0.05, 0.1) is 20.3 Å². The molecule has 158 valence electrons. The van der Waals surface area contributed by atoms with Crippen molar-refractivity contribution in [3.8, 4) is 11.6 Å². The maximum absolute atomic E-state index is 6.16. The third kappa shape index (κ3) is 7.04. The summed E-state index contributed by atoms with van der Waals surface area (Å²) in [7, 11) is 3.36. The molecule has 1 aliphatic heterocycles. The molecule has 1 saturated heterocycles. The number of aryl methyl sites for hydroxylation is 1. The van der Waals surface area contributed by atoms with E-state index in [2.05, 4.69) is 45.7 Å². The van der Waals surface area contributed by atoms with Crippen LogP contribution in [0.1, 0.15) is 23.1 Å². The van der Waals surface area contributed by atoms with Crippen molar-refractivity contribution in [3.63, 3.8) is 0 Å². The van der Waals surface area contributed by atoms with E-state index >= 15 is 0 Å². The van der Waals surface area contributed by atoms with Gasteiger partial charge in [-0.15, -0.1) is 24.0 Å². The SMILES string of the molecule is CN=C(NCc1ccc(OC)nc1)NCc1ccc(C)cc1OC1CCOC1.I. The Labute approximate surface area is 189 Å². The number of aromatic nitrogens is 1. The van der Waals surface area contributed by atoms with E-state index in [0.29, 0.717) is 31.5 Å². The fraction of sp³-hybridized carbons (Fsp3) is 0.429. The minimum absolute atomic E-state index is 0. The highest BCUT2D eigenvalue weighted by atomic mass is 127. The van der Waals surface area contributed by atoms with Crippen molar-refractivity contribution in [1.29, 1.82) is 0 Å². The Hall–Kier alpha value is -2.07. The van der Waals surface area contributed by atoms with E-state index < -0.39 is 0 Å². The van der Waals surface area contributed by atoms with E-state index in [1.807, 2.05) is 12.1 Å². The molecule has 0 spiro atoms. The van der Waals surface area contributed by atoms with Gasteiger partial charge in [-0.3, -0.25) is 4.99 Å². The third-order valence-electron chi connectivity index (χ3n) is 4.54. The number of benzene rings is 1. The van der Waals surface area contributed by atoms with Crippen molar-refractivity contribution >= 4 is 29.9 Å². The lowest BCUT2D eigenvalue weighted by Gasteiger charge is -2.18. The summed E-state index contributed by atoms with van der Waals surface area (Å²) in [6.07, 6.45) is 2.84. The minimum atomic E-state index is 0. The van der Waals surface area contributed by atoms with Gasteiger partial charge in [0.25, 0.3) is 0 Å². The first-order valence-electron chi connectivity index (χ1n) is 9.45. The van der Waals surface area contributed by atoms with Crippen LogP contribution >= 0.6 is 24.0 Å². The summed E-state index contributed by atoms with van der Waals surface area (Å²) in [5.41, 5.74) is 3.31. The smallest absolute Gasteiger partial charge is 0.212 e. The Bertz CT molecular complexity index is 793. The van der Waals surface area contributed by atoms with E-state index in [4.69, 9.17) is 14.2 Å². The molecule has 1 aromatic carbocycles. The number of nitrogens with zero attached hydrogens (tertiary/aromatic N) is 2. The molecule has 2 heterocycles. The molecule has 1 aromatic heterocycles. The van der Waals surface area contributed by atoms with Gasteiger partial charge in [-0.25, -0.2) is 4.98 Å². The third-order valence-corrected chi connectivity index (χ3v) is 4.54. The van der Waals surface area contributed by atoms with Gasteiger partial charge in [0.15, 0.2) is 5.96 Å². The molecular formula is C21H29IN4O3. The number of hydrogen-bond acceptors (Lipinski definition) is 5. The molecule has 1 unspecified atom stereocenters. The first-order valence-corrected chi connectivity index (χ1v) is 9.45. The first-order chi connectivity index (χ1) is 13.7. The van der Waals surface area contributed by atoms with Crippen LogP contribution in [0.2, 0.25) is 0 Å². The van der Waals surface area contributed by atoms with Crippen LogP contribution in [-0.4, -0.2) is 44.4 Å². The van der Waals surface area contributed by atoms with Gasteiger partial charge in [-0.05, 0) is 24.1 Å². The zero-order chi connectivity index (χ0) is 19.8. The highest BCUT2D eigenvalue weighted by molar-refractivity contribution is 14.0. The second-order valence-corrected chi connectivity index (χ2v) is 6.70. The molecular weight excluding hydrogens is 483 g/mol. The van der Waals surface area contributed by atoms with E-state index in [1.165, 1.54) is 5.56 Å². The number of hydrogen-bond donors (Lipinski definition) is 2. The van der Waals surface area contributed by atoms with Gasteiger partial charge in [0.2, 0.25) is 5.88 Å². The second kappa shape index (κ2) is 11.8. The van der Waals surface area contributed by atoms with Crippen molar-refractivity contribution in [3.05, 3.63) is 53.2 Å². The number of pyridine rings is 1. The van der Waals surface area contributed by atoms with Crippen molar-refractivity contribution in [2.45, 2.75) is 32.5 Å². The molecule has 7 nitrogen and oxygen atoms in total. The Morgan fingerprint density at radius 3 is 2.72 bits per heavy atom. The monoisotopic (exact) mass is 512 g/mol. The predicted octanol–water partition coefficient (Wildman–Crippen LogP) is 3.05. The number of nitrogens with one attached hydrogen (secondary N) is 2. The van der Waals surface area contributed by atoms with E-state index in [0.717, 1.165) is 29.9 Å². The van der Waals surface area contributed by atoms with Gasteiger partial charge < -0.3 is 24.8 Å². The first kappa shape index (κ1) is 23.2. The van der Waals surface area contributed by atoms with Crippen LogP contribution in [0.25, 0.3) is 0 Å². The van der Waals surface area contributed by atoms with Crippen molar-refractivity contribution in [2.75, 3.05) is 27.4 Å². The number of aliphatic imine (C=N–C) groups is 1. The zero-order valence-corrected chi connectivity index (χ0v) is 19.4. The van der Waals surface area contributed by atoms with Crippen LogP contribution < -0.4 is 20.1 Å². The topological polar surface area (TPSA) is 77.0 Å².